The highest BCUT2D eigenvalue weighted by Gasteiger charge is 2.23. The zero-order valence-electron chi connectivity index (χ0n) is 15.8. The third kappa shape index (κ3) is 3.05. The molecule has 30 heavy (non-hydrogen) atoms. The second-order valence-corrected chi connectivity index (χ2v) is 7.27. The fourth-order valence-electron chi connectivity index (χ4n) is 3.45. The van der Waals surface area contributed by atoms with E-state index >= 15 is 0 Å². The minimum Gasteiger partial charge on any atom is -0.454 e. The molecule has 4 aromatic rings. The van der Waals surface area contributed by atoms with Gasteiger partial charge in [-0.1, -0.05) is 17.7 Å². The molecule has 1 aliphatic rings. The molecule has 0 fully saturated rings. The number of nitrogens with zero attached hydrogens (tertiary/aromatic N) is 2. The molecule has 0 saturated heterocycles. The summed E-state index contributed by atoms with van der Waals surface area (Å²) in [6, 6.07) is 15.4. The van der Waals surface area contributed by atoms with Gasteiger partial charge in [0.25, 0.3) is 11.8 Å². The Bertz CT molecular complexity index is 1350. The van der Waals surface area contributed by atoms with Gasteiger partial charge >= 0.3 is 0 Å². The average molecular weight is 419 g/mol. The van der Waals surface area contributed by atoms with Gasteiger partial charge in [0.15, 0.2) is 5.75 Å². The zero-order chi connectivity index (χ0) is 20.8. The molecular weight excluding hydrogens is 404 g/mol. The predicted molar refractivity (Wildman–Crippen MR) is 114 cm³/mol. The van der Waals surface area contributed by atoms with Gasteiger partial charge in [-0.05, 0) is 55.5 Å². The molecule has 148 valence electrons. The van der Waals surface area contributed by atoms with Crippen LogP contribution in [0.1, 0.15) is 26.5 Å². The normalized spacial score (nSPS) is 12.4. The van der Waals surface area contributed by atoms with Crippen molar-refractivity contribution >= 4 is 40.4 Å². The number of fused-ring (bicyclic) bond motifs is 3. The summed E-state index contributed by atoms with van der Waals surface area (Å²) >= 11 is 6.01. The zero-order valence-corrected chi connectivity index (χ0v) is 16.5. The Morgan fingerprint density at radius 3 is 2.83 bits per heavy atom. The van der Waals surface area contributed by atoms with Gasteiger partial charge in [-0.15, -0.1) is 0 Å². The lowest BCUT2D eigenvalue weighted by molar-refractivity contribution is 0.101. The van der Waals surface area contributed by atoms with Gasteiger partial charge < -0.3 is 15.4 Å². The summed E-state index contributed by atoms with van der Waals surface area (Å²) in [6.07, 6.45) is 1.78. The minimum absolute atomic E-state index is 0.301. The van der Waals surface area contributed by atoms with E-state index in [0.717, 1.165) is 0 Å². The number of carbonyl (C=O) groups is 2. The van der Waals surface area contributed by atoms with Crippen molar-refractivity contribution in [1.29, 1.82) is 0 Å². The first-order chi connectivity index (χ1) is 14.5. The van der Waals surface area contributed by atoms with Crippen LogP contribution in [0, 0.1) is 6.92 Å². The maximum atomic E-state index is 12.9. The summed E-state index contributed by atoms with van der Waals surface area (Å²) in [4.78, 5) is 30.0. The number of hydrogen-bond acceptors (Lipinski definition) is 4. The Balaban J connectivity index is 1.47. The van der Waals surface area contributed by atoms with Crippen molar-refractivity contribution in [1.82, 2.24) is 9.38 Å². The summed E-state index contributed by atoms with van der Waals surface area (Å²) in [5, 5.41) is 6.11. The molecule has 2 aromatic carbocycles. The Morgan fingerprint density at radius 2 is 1.97 bits per heavy atom. The van der Waals surface area contributed by atoms with Crippen LogP contribution in [0.2, 0.25) is 5.02 Å². The molecule has 2 aromatic heterocycles. The van der Waals surface area contributed by atoms with Crippen molar-refractivity contribution in [3.05, 3.63) is 82.8 Å². The number of imidazole rings is 1. The van der Waals surface area contributed by atoms with Crippen LogP contribution in [-0.4, -0.2) is 21.2 Å². The Morgan fingerprint density at radius 1 is 1.13 bits per heavy atom. The monoisotopic (exact) mass is 418 g/mol. The van der Waals surface area contributed by atoms with Crippen molar-refractivity contribution in [2.75, 3.05) is 10.6 Å². The molecular formula is C22H15ClN4O3. The van der Waals surface area contributed by atoms with Crippen molar-refractivity contribution in [2.45, 2.75) is 6.92 Å². The summed E-state index contributed by atoms with van der Waals surface area (Å²) < 4.78 is 7.59. The van der Waals surface area contributed by atoms with Gasteiger partial charge in [-0.2, -0.15) is 0 Å². The van der Waals surface area contributed by atoms with Gasteiger partial charge in [0.2, 0.25) is 0 Å². The Hall–Kier alpha value is -3.84. The fourth-order valence-corrected chi connectivity index (χ4v) is 3.62. The number of anilines is 2. The number of rotatable bonds is 2. The molecule has 2 N–H and O–H groups in total. The highest BCUT2D eigenvalue weighted by atomic mass is 35.5. The second-order valence-electron chi connectivity index (χ2n) is 6.84. The highest BCUT2D eigenvalue weighted by Crippen LogP contribution is 2.38. The molecule has 0 spiro atoms. The molecule has 0 saturated carbocycles. The first-order valence-electron chi connectivity index (χ1n) is 9.17. The molecule has 3 heterocycles. The number of nitrogens with one attached hydrogen (secondary N) is 2. The van der Waals surface area contributed by atoms with Crippen molar-refractivity contribution in [3.8, 4) is 11.5 Å². The van der Waals surface area contributed by atoms with Crippen LogP contribution < -0.4 is 15.4 Å². The lowest BCUT2D eigenvalue weighted by Crippen LogP contribution is -2.16. The van der Waals surface area contributed by atoms with Crippen molar-refractivity contribution < 1.29 is 14.3 Å². The van der Waals surface area contributed by atoms with E-state index in [4.69, 9.17) is 16.3 Å². The van der Waals surface area contributed by atoms with E-state index < -0.39 is 0 Å². The van der Waals surface area contributed by atoms with Crippen molar-refractivity contribution in [3.63, 3.8) is 0 Å². The van der Waals surface area contributed by atoms with Crippen LogP contribution in [0.4, 0.5) is 11.4 Å². The van der Waals surface area contributed by atoms with Gasteiger partial charge in [0, 0.05) is 16.9 Å². The smallest absolute Gasteiger partial charge is 0.274 e. The molecule has 0 aliphatic carbocycles. The van der Waals surface area contributed by atoms with Gasteiger partial charge in [0.05, 0.1) is 16.9 Å². The lowest BCUT2D eigenvalue weighted by atomic mass is 10.1. The van der Waals surface area contributed by atoms with Crippen LogP contribution >= 0.6 is 11.6 Å². The highest BCUT2D eigenvalue weighted by molar-refractivity contribution is 6.31. The summed E-state index contributed by atoms with van der Waals surface area (Å²) in [5.74, 6) is 0.200. The van der Waals surface area contributed by atoms with Gasteiger partial charge in [-0.3, -0.25) is 14.0 Å². The van der Waals surface area contributed by atoms with E-state index in [1.54, 1.807) is 53.9 Å². The fraction of sp³-hybridized carbons (Fsp3) is 0.0455. The number of aromatic nitrogens is 2. The molecule has 7 nitrogen and oxygen atoms in total. The number of hydrogen-bond donors (Lipinski definition) is 2. The summed E-state index contributed by atoms with van der Waals surface area (Å²) in [7, 11) is 0. The van der Waals surface area contributed by atoms with E-state index in [1.807, 2.05) is 18.2 Å². The topological polar surface area (TPSA) is 84.7 Å². The number of pyridine rings is 1. The number of aryl methyl sites for hydroxylation is 1. The SMILES string of the molecule is Cc1nc2ccccn2c1C(=O)Nc1ccc2c(c1)C(=O)Nc1cc(Cl)ccc1O2. The third-order valence-corrected chi connectivity index (χ3v) is 5.05. The second kappa shape index (κ2) is 6.89. The van der Waals surface area contributed by atoms with E-state index in [2.05, 4.69) is 15.6 Å². The van der Waals surface area contributed by atoms with E-state index in [1.165, 1.54) is 0 Å². The van der Waals surface area contributed by atoms with Crippen LogP contribution in [0.3, 0.4) is 0 Å². The van der Waals surface area contributed by atoms with Gasteiger partial charge in [0.1, 0.15) is 17.1 Å². The minimum atomic E-state index is -0.354. The molecule has 8 heteroatoms. The standard InChI is InChI=1S/C22H15ClN4O3/c1-12-20(27-9-3-2-4-19(27)24-12)22(29)25-14-6-8-17-15(11-14)21(28)26-16-10-13(23)5-7-18(16)30-17/h2-11H,1H3,(H,25,29)(H,26,28). The maximum Gasteiger partial charge on any atom is 0.274 e. The summed E-state index contributed by atoms with van der Waals surface area (Å²) in [6.45, 7) is 1.78. The van der Waals surface area contributed by atoms with E-state index in [-0.39, 0.29) is 11.8 Å². The largest absolute Gasteiger partial charge is 0.454 e. The molecule has 2 amide bonds. The maximum absolute atomic E-state index is 12.9. The summed E-state index contributed by atoms with van der Waals surface area (Å²) in [5.41, 5.74) is 2.98. The Kier molecular flexibility index (Phi) is 4.18. The van der Waals surface area contributed by atoms with E-state index in [9.17, 15) is 9.59 Å². The first kappa shape index (κ1) is 18.2. The van der Waals surface area contributed by atoms with Crippen LogP contribution in [-0.2, 0) is 0 Å². The van der Waals surface area contributed by atoms with Crippen LogP contribution in [0.15, 0.2) is 60.8 Å². The number of halogens is 1. The van der Waals surface area contributed by atoms with E-state index in [0.29, 0.717) is 50.5 Å². The molecule has 0 atom stereocenters. The number of carbonyl (C=O) groups excluding carboxylic acids is 2. The number of ether oxygens (including phenoxy) is 1. The van der Waals surface area contributed by atoms with Crippen LogP contribution in [0.5, 0.6) is 11.5 Å². The Labute approximate surface area is 176 Å². The molecule has 0 bridgehead atoms. The van der Waals surface area contributed by atoms with Crippen LogP contribution in [0.25, 0.3) is 5.65 Å². The molecule has 5 rings (SSSR count). The number of benzene rings is 2. The predicted octanol–water partition coefficient (Wildman–Crippen LogP) is 4.91. The van der Waals surface area contributed by atoms with Crippen molar-refractivity contribution in [2.24, 2.45) is 0 Å². The molecule has 0 unspecified atom stereocenters. The average Bonchev–Trinajstić information content (AvgIpc) is 2.99. The molecule has 1 aliphatic heterocycles. The quantitative estimate of drug-likeness (QED) is 0.484. The van der Waals surface area contributed by atoms with Gasteiger partial charge in [-0.25, -0.2) is 4.98 Å². The lowest BCUT2D eigenvalue weighted by Gasteiger charge is -2.10. The third-order valence-electron chi connectivity index (χ3n) is 4.81. The first-order valence-corrected chi connectivity index (χ1v) is 9.55. The molecule has 0 radical (unpaired) electrons. The number of amides is 2.